The third-order valence-electron chi connectivity index (χ3n) is 4.41. The first-order chi connectivity index (χ1) is 10.2. The second kappa shape index (κ2) is 5.72. The van der Waals surface area contributed by atoms with Gasteiger partial charge in [-0.15, -0.1) is 0 Å². The van der Waals surface area contributed by atoms with Crippen LogP contribution in [0.3, 0.4) is 0 Å². The van der Waals surface area contributed by atoms with Gasteiger partial charge in [0.1, 0.15) is 23.2 Å². The van der Waals surface area contributed by atoms with E-state index in [1.165, 1.54) is 39.0 Å². The highest BCUT2D eigenvalue weighted by molar-refractivity contribution is 6.05. The van der Waals surface area contributed by atoms with Crippen molar-refractivity contribution in [1.29, 1.82) is 0 Å². The average Bonchev–Trinajstić information content (AvgIpc) is 2.35. The van der Waals surface area contributed by atoms with Crippen molar-refractivity contribution < 1.29 is 23.9 Å². The van der Waals surface area contributed by atoms with E-state index in [2.05, 4.69) is 0 Å². The van der Waals surface area contributed by atoms with E-state index in [1.54, 1.807) is 6.07 Å². The number of hydrogen-bond donors (Lipinski definition) is 1. The molecule has 2 rings (SSSR count). The molecule has 0 amide bonds. The lowest BCUT2D eigenvalue weighted by atomic mass is 9.60. The van der Waals surface area contributed by atoms with E-state index < -0.39 is 40.7 Å². The molecular weight excluding hydrogens is 287 g/mol. The van der Waals surface area contributed by atoms with Crippen molar-refractivity contribution in [3.63, 3.8) is 0 Å². The van der Waals surface area contributed by atoms with Crippen LogP contribution in [0.4, 0.5) is 4.39 Å². The molecule has 1 fully saturated rings. The molecule has 1 aromatic carbocycles. The van der Waals surface area contributed by atoms with Gasteiger partial charge in [-0.05, 0) is 32.4 Å². The average molecular weight is 306 g/mol. The molecule has 0 unspecified atom stereocenters. The summed E-state index contributed by atoms with van der Waals surface area (Å²) in [6.07, 6.45) is -0.285. The molecule has 22 heavy (non-hydrogen) atoms. The Morgan fingerprint density at radius 1 is 1.23 bits per heavy atom. The number of halogens is 1. The molecule has 0 saturated heterocycles. The van der Waals surface area contributed by atoms with E-state index in [0.29, 0.717) is 0 Å². The second-order valence-electron chi connectivity index (χ2n) is 6.22. The Bertz CT molecular complexity index is 635. The highest BCUT2D eigenvalue weighted by Gasteiger charge is 2.54. The molecule has 1 aromatic rings. The summed E-state index contributed by atoms with van der Waals surface area (Å²) in [5, 5.41) is 10.5. The zero-order valence-electron chi connectivity index (χ0n) is 12.8. The van der Waals surface area contributed by atoms with Crippen molar-refractivity contribution in [3.8, 4) is 0 Å². The van der Waals surface area contributed by atoms with Crippen LogP contribution in [-0.4, -0.2) is 28.1 Å². The number of ketones is 3. The fourth-order valence-corrected chi connectivity index (χ4v) is 3.63. The zero-order chi connectivity index (χ0) is 16.7. The lowest BCUT2D eigenvalue weighted by molar-refractivity contribution is -0.151. The van der Waals surface area contributed by atoms with E-state index in [4.69, 9.17) is 0 Å². The Kier molecular flexibility index (Phi) is 4.29. The van der Waals surface area contributed by atoms with Gasteiger partial charge in [0.15, 0.2) is 0 Å². The quantitative estimate of drug-likeness (QED) is 0.868. The van der Waals surface area contributed by atoms with Gasteiger partial charge in [0.05, 0.1) is 17.4 Å². The van der Waals surface area contributed by atoms with Crippen molar-refractivity contribution in [2.24, 2.45) is 11.8 Å². The number of aliphatic hydroxyl groups is 1. The Labute approximate surface area is 128 Å². The first-order valence-electron chi connectivity index (χ1n) is 7.17. The van der Waals surface area contributed by atoms with Crippen LogP contribution in [0.15, 0.2) is 24.3 Å². The van der Waals surface area contributed by atoms with Crippen LogP contribution in [0.5, 0.6) is 0 Å². The number of carbonyl (C=O) groups excluding carboxylic acids is 3. The Balaban J connectivity index is 2.68. The van der Waals surface area contributed by atoms with Gasteiger partial charge in [-0.3, -0.25) is 14.4 Å². The summed E-state index contributed by atoms with van der Waals surface area (Å²) in [7, 11) is 0. The van der Waals surface area contributed by atoms with Gasteiger partial charge in [0.25, 0.3) is 0 Å². The number of carbonyl (C=O) groups is 3. The van der Waals surface area contributed by atoms with Gasteiger partial charge in [-0.25, -0.2) is 4.39 Å². The van der Waals surface area contributed by atoms with Gasteiger partial charge in [0.2, 0.25) is 0 Å². The van der Waals surface area contributed by atoms with Crippen LogP contribution in [0, 0.1) is 17.7 Å². The first-order valence-corrected chi connectivity index (χ1v) is 7.17. The van der Waals surface area contributed by atoms with Crippen LogP contribution in [-0.2, 0) is 14.4 Å². The van der Waals surface area contributed by atoms with Crippen LogP contribution >= 0.6 is 0 Å². The third kappa shape index (κ3) is 2.73. The summed E-state index contributed by atoms with van der Waals surface area (Å²) >= 11 is 0. The minimum absolute atomic E-state index is 0.122. The maximum absolute atomic E-state index is 14.2. The topological polar surface area (TPSA) is 71.4 Å². The minimum Gasteiger partial charge on any atom is -0.389 e. The van der Waals surface area contributed by atoms with Gasteiger partial charge in [-0.1, -0.05) is 18.2 Å². The Hall–Kier alpha value is -1.88. The van der Waals surface area contributed by atoms with Crippen molar-refractivity contribution in [2.75, 3.05) is 0 Å². The third-order valence-corrected chi connectivity index (χ3v) is 4.41. The molecule has 118 valence electrons. The Morgan fingerprint density at radius 3 is 2.32 bits per heavy atom. The highest BCUT2D eigenvalue weighted by Crippen LogP contribution is 2.46. The number of Topliss-reactive ketones (excluding diaryl/α,β-unsaturated/α-hetero) is 3. The number of benzene rings is 1. The first kappa shape index (κ1) is 16.5. The van der Waals surface area contributed by atoms with Gasteiger partial charge in [-0.2, -0.15) is 0 Å². The lowest BCUT2D eigenvalue weighted by Gasteiger charge is -2.44. The predicted molar refractivity (Wildman–Crippen MR) is 77.7 cm³/mol. The fourth-order valence-electron chi connectivity index (χ4n) is 3.63. The van der Waals surface area contributed by atoms with Crippen LogP contribution in [0.25, 0.3) is 0 Å². The molecule has 0 radical (unpaired) electrons. The molecule has 0 aliphatic heterocycles. The summed E-state index contributed by atoms with van der Waals surface area (Å²) in [5.74, 6) is -4.91. The number of rotatable bonds is 3. The maximum atomic E-state index is 14.2. The summed E-state index contributed by atoms with van der Waals surface area (Å²) in [6.45, 7) is 3.94. The summed E-state index contributed by atoms with van der Waals surface area (Å²) in [4.78, 5) is 36.3. The molecule has 1 aliphatic rings. The fraction of sp³-hybridized carbons (Fsp3) is 0.471. The van der Waals surface area contributed by atoms with Gasteiger partial charge in [0, 0.05) is 12.3 Å². The monoisotopic (exact) mass is 306 g/mol. The number of hydrogen-bond acceptors (Lipinski definition) is 4. The van der Waals surface area contributed by atoms with Crippen molar-refractivity contribution in [3.05, 3.63) is 35.6 Å². The lowest BCUT2D eigenvalue weighted by Crippen LogP contribution is -2.54. The Morgan fingerprint density at radius 2 is 1.82 bits per heavy atom. The predicted octanol–water partition coefficient (Wildman–Crippen LogP) is 2.04. The largest absolute Gasteiger partial charge is 0.389 e. The molecule has 1 saturated carbocycles. The SMILES string of the molecule is CC(=O)[C@@H]1C(=O)C[C@](C)(O)[C@@H](C(C)=O)[C@@H]1c1ccccc1F. The van der Waals surface area contributed by atoms with E-state index in [1.807, 2.05) is 0 Å². The standard InChI is InChI=1S/C17H19FO4/c1-9(19)14-13(21)8-17(3,22)16(10(2)20)15(14)11-6-4-5-7-12(11)18/h4-7,14-16,22H,8H2,1-3H3/t14-,15-,16+,17+/m1/s1. The van der Waals surface area contributed by atoms with Crippen molar-refractivity contribution >= 4 is 17.3 Å². The van der Waals surface area contributed by atoms with E-state index >= 15 is 0 Å². The summed E-state index contributed by atoms with van der Waals surface area (Å²) in [5.41, 5.74) is -1.47. The molecule has 5 heteroatoms. The van der Waals surface area contributed by atoms with Gasteiger partial charge >= 0.3 is 0 Å². The minimum atomic E-state index is -1.60. The van der Waals surface area contributed by atoms with Crippen molar-refractivity contribution in [2.45, 2.75) is 38.7 Å². The molecule has 0 aromatic heterocycles. The van der Waals surface area contributed by atoms with E-state index in [0.717, 1.165) is 0 Å². The molecule has 0 bridgehead atoms. The highest BCUT2D eigenvalue weighted by atomic mass is 19.1. The summed E-state index contributed by atoms with van der Waals surface area (Å²) < 4.78 is 14.2. The molecular formula is C17H19FO4. The smallest absolute Gasteiger partial charge is 0.146 e. The van der Waals surface area contributed by atoms with E-state index in [-0.39, 0.29) is 17.8 Å². The van der Waals surface area contributed by atoms with Crippen molar-refractivity contribution in [1.82, 2.24) is 0 Å². The van der Waals surface area contributed by atoms with Crippen LogP contribution in [0.1, 0.15) is 38.7 Å². The molecule has 1 aliphatic carbocycles. The summed E-state index contributed by atoms with van der Waals surface area (Å²) in [6, 6.07) is 5.76. The molecule has 1 N–H and O–H groups in total. The molecule has 4 nitrogen and oxygen atoms in total. The molecule has 4 atom stereocenters. The van der Waals surface area contributed by atoms with Gasteiger partial charge < -0.3 is 5.11 Å². The van der Waals surface area contributed by atoms with Crippen LogP contribution < -0.4 is 0 Å². The molecule has 0 spiro atoms. The van der Waals surface area contributed by atoms with Crippen LogP contribution in [0.2, 0.25) is 0 Å². The van der Waals surface area contributed by atoms with E-state index in [9.17, 15) is 23.9 Å². The second-order valence-corrected chi connectivity index (χ2v) is 6.22. The maximum Gasteiger partial charge on any atom is 0.146 e. The molecule has 0 heterocycles. The normalized spacial score (nSPS) is 31.9. The zero-order valence-corrected chi connectivity index (χ0v) is 12.8.